The molecule has 0 aromatic carbocycles. The van der Waals surface area contributed by atoms with Crippen molar-refractivity contribution in [3.63, 3.8) is 0 Å². The van der Waals surface area contributed by atoms with Crippen molar-refractivity contribution in [1.82, 2.24) is 15.3 Å². The third-order valence-corrected chi connectivity index (χ3v) is 2.52. The fourth-order valence-electron chi connectivity index (χ4n) is 1.44. The van der Waals surface area contributed by atoms with E-state index in [4.69, 9.17) is 0 Å². The van der Waals surface area contributed by atoms with Gasteiger partial charge in [0.1, 0.15) is 0 Å². The molecular formula is C12H19F3N4. The van der Waals surface area contributed by atoms with Crippen LogP contribution in [0, 0.1) is 0 Å². The van der Waals surface area contributed by atoms with Gasteiger partial charge in [-0.25, -0.2) is 9.97 Å². The van der Waals surface area contributed by atoms with E-state index in [9.17, 15) is 13.2 Å². The van der Waals surface area contributed by atoms with E-state index in [2.05, 4.69) is 22.2 Å². The first-order valence-electron chi connectivity index (χ1n) is 6.22. The monoisotopic (exact) mass is 276 g/mol. The molecule has 1 N–H and O–H groups in total. The summed E-state index contributed by atoms with van der Waals surface area (Å²) in [6, 6.07) is 0. The van der Waals surface area contributed by atoms with Crippen LogP contribution in [-0.4, -0.2) is 36.3 Å². The Labute approximate surface area is 111 Å². The lowest BCUT2D eigenvalue weighted by atomic mass is 10.3. The van der Waals surface area contributed by atoms with E-state index in [0.717, 1.165) is 18.5 Å². The van der Waals surface area contributed by atoms with E-state index in [0.29, 0.717) is 12.5 Å². The van der Waals surface area contributed by atoms with Crippen LogP contribution in [0.5, 0.6) is 0 Å². The Balaban J connectivity index is 2.46. The number of alkyl halides is 3. The maximum absolute atomic E-state index is 12.1. The number of nitrogens with one attached hydrogen (secondary N) is 1. The van der Waals surface area contributed by atoms with Gasteiger partial charge >= 0.3 is 6.18 Å². The molecule has 19 heavy (non-hydrogen) atoms. The van der Waals surface area contributed by atoms with Gasteiger partial charge in [-0.15, -0.1) is 0 Å². The van der Waals surface area contributed by atoms with Gasteiger partial charge in [0.2, 0.25) is 5.95 Å². The molecule has 0 spiro atoms. The van der Waals surface area contributed by atoms with E-state index < -0.39 is 12.6 Å². The molecule has 0 aliphatic carbocycles. The topological polar surface area (TPSA) is 41.1 Å². The molecule has 1 rings (SSSR count). The second-order valence-corrected chi connectivity index (χ2v) is 4.35. The maximum atomic E-state index is 12.1. The molecule has 1 aromatic rings. The van der Waals surface area contributed by atoms with E-state index in [-0.39, 0.29) is 6.54 Å². The van der Waals surface area contributed by atoms with Crippen molar-refractivity contribution in [1.29, 1.82) is 0 Å². The Morgan fingerprint density at radius 3 is 2.42 bits per heavy atom. The zero-order valence-corrected chi connectivity index (χ0v) is 11.2. The highest BCUT2D eigenvalue weighted by molar-refractivity contribution is 5.28. The molecule has 4 nitrogen and oxygen atoms in total. The van der Waals surface area contributed by atoms with Crippen molar-refractivity contribution in [3.05, 3.63) is 18.0 Å². The third-order valence-electron chi connectivity index (χ3n) is 2.52. The lowest BCUT2D eigenvalue weighted by Gasteiger charge is -2.17. The van der Waals surface area contributed by atoms with Gasteiger partial charge in [-0.1, -0.05) is 6.92 Å². The first kappa shape index (κ1) is 15.7. The van der Waals surface area contributed by atoms with Crippen LogP contribution in [0.2, 0.25) is 0 Å². The summed E-state index contributed by atoms with van der Waals surface area (Å²) in [5.41, 5.74) is 0.918. The number of rotatable bonds is 7. The first-order valence-corrected chi connectivity index (χ1v) is 6.22. The number of hydrogen-bond donors (Lipinski definition) is 1. The number of anilines is 1. The summed E-state index contributed by atoms with van der Waals surface area (Å²) in [6.45, 7) is 3.51. The van der Waals surface area contributed by atoms with Crippen LogP contribution in [0.25, 0.3) is 0 Å². The molecule has 0 aliphatic rings. The molecule has 1 heterocycles. The van der Waals surface area contributed by atoms with E-state index in [1.807, 2.05) is 0 Å². The second kappa shape index (κ2) is 7.28. The largest absolute Gasteiger partial charge is 0.390 e. The van der Waals surface area contributed by atoms with Gasteiger partial charge < -0.3 is 10.2 Å². The predicted molar refractivity (Wildman–Crippen MR) is 68.0 cm³/mol. The van der Waals surface area contributed by atoms with Gasteiger partial charge in [-0.2, -0.15) is 13.2 Å². The van der Waals surface area contributed by atoms with Gasteiger partial charge in [0.05, 0.1) is 6.42 Å². The van der Waals surface area contributed by atoms with E-state index >= 15 is 0 Å². The Kier molecular flexibility index (Phi) is 6.01. The molecule has 0 radical (unpaired) electrons. The summed E-state index contributed by atoms with van der Waals surface area (Å²) in [5.74, 6) is 0.309. The summed E-state index contributed by atoms with van der Waals surface area (Å²) in [4.78, 5) is 9.53. The molecule has 0 saturated carbocycles. The summed E-state index contributed by atoms with van der Waals surface area (Å²) >= 11 is 0. The average molecular weight is 276 g/mol. The SMILES string of the molecule is CCCNCc1cnc(N(C)CCC(F)(F)F)nc1. The minimum absolute atomic E-state index is 0.142. The summed E-state index contributed by atoms with van der Waals surface area (Å²) in [5, 5.41) is 3.20. The van der Waals surface area contributed by atoms with Crippen molar-refractivity contribution < 1.29 is 13.2 Å². The molecular weight excluding hydrogens is 257 g/mol. The Morgan fingerprint density at radius 1 is 1.26 bits per heavy atom. The van der Waals surface area contributed by atoms with Crippen LogP contribution in [0.3, 0.4) is 0 Å². The lowest BCUT2D eigenvalue weighted by molar-refractivity contribution is -0.132. The first-order chi connectivity index (χ1) is 8.92. The van der Waals surface area contributed by atoms with Gasteiger partial charge in [0.15, 0.2) is 0 Å². The molecule has 0 bridgehead atoms. The highest BCUT2D eigenvalue weighted by Crippen LogP contribution is 2.20. The van der Waals surface area contributed by atoms with Gasteiger partial charge in [0.25, 0.3) is 0 Å². The molecule has 0 amide bonds. The smallest absolute Gasteiger partial charge is 0.344 e. The van der Waals surface area contributed by atoms with Gasteiger partial charge in [-0.3, -0.25) is 0 Å². The standard InChI is InChI=1S/C12H19F3N4/c1-3-5-16-7-10-8-17-11(18-9-10)19(2)6-4-12(13,14)15/h8-9,16H,3-7H2,1-2H3. The zero-order valence-electron chi connectivity index (χ0n) is 11.2. The van der Waals surface area contributed by atoms with Crippen molar-refractivity contribution in [2.24, 2.45) is 0 Å². The van der Waals surface area contributed by atoms with Gasteiger partial charge in [0, 0.05) is 38.1 Å². The van der Waals surface area contributed by atoms with Crippen LogP contribution in [0.15, 0.2) is 12.4 Å². The van der Waals surface area contributed by atoms with Gasteiger partial charge in [-0.05, 0) is 13.0 Å². The summed E-state index contributed by atoms with van der Waals surface area (Å²) in [7, 11) is 1.55. The molecule has 0 saturated heterocycles. The summed E-state index contributed by atoms with van der Waals surface area (Å²) < 4.78 is 36.3. The number of aromatic nitrogens is 2. The zero-order chi connectivity index (χ0) is 14.3. The number of halogens is 3. The van der Waals surface area contributed by atoms with Crippen molar-refractivity contribution in [2.45, 2.75) is 32.5 Å². The Bertz CT molecular complexity index is 364. The molecule has 7 heteroatoms. The summed E-state index contributed by atoms with van der Waals surface area (Å²) in [6.07, 6.45) is -0.714. The van der Waals surface area contributed by atoms with E-state index in [1.165, 1.54) is 4.90 Å². The minimum Gasteiger partial charge on any atom is -0.344 e. The van der Waals surface area contributed by atoms with Crippen LogP contribution in [0.1, 0.15) is 25.3 Å². The normalized spacial score (nSPS) is 11.6. The molecule has 0 aliphatic heterocycles. The van der Waals surface area contributed by atoms with Crippen LogP contribution >= 0.6 is 0 Å². The number of hydrogen-bond acceptors (Lipinski definition) is 4. The van der Waals surface area contributed by atoms with Crippen LogP contribution in [-0.2, 0) is 6.54 Å². The molecule has 108 valence electrons. The van der Waals surface area contributed by atoms with Crippen LogP contribution in [0.4, 0.5) is 19.1 Å². The van der Waals surface area contributed by atoms with Crippen molar-refractivity contribution in [3.8, 4) is 0 Å². The lowest BCUT2D eigenvalue weighted by Crippen LogP contribution is -2.25. The fourth-order valence-corrected chi connectivity index (χ4v) is 1.44. The number of nitrogens with zero attached hydrogens (tertiary/aromatic N) is 3. The quantitative estimate of drug-likeness (QED) is 0.776. The Hall–Kier alpha value is -1.37. The highest BCUT2D eigenvalue weighted by atomic mass is 19.4. The molecule has 0 fully saturated rings. The second-order valence-electron chi connectivity index (χ2n) is 4.35. The Morgan fingerprint density at radius 2 is 1.89 bits per heavy atom. The molecule has 0 atom stereocenters. The minimum atomic E-state index is -4.15. The fraction of sp³-hybridized carbons (Fsp3) is 0.667. The van der Waals surface area contributed by atoms with Crippen molar-refractivity contribution in [2.75, 3.05) is 25.0 Å². The molecule has 1 aromatic heterocycles. The maximum Gasteiger partial charge on any atom is 0.390 e. The third kappa shape index (κ3) is 6.37. The molecule has 0 unspecified atom stereocenters. The van der Waals surface area contributed by atoms with Crippen molar-refractivity contribution >= 4 is 5.95 Å². The van der Waals surface area contributed by atoms with E-state index in [1.54, 1.807) is 19.4 Å². The average Bonchev–Trinajstić information content (AvgIpc) is 2.36. The van der Waals surface area contributed by atoms with Crippen LogP contribution < -0.4 is 10.2 Å². The highest BCUT2D eigenvalue weighted by Gasteiger charge is 2.27. The predicted octanol–water partition coefficient (Wildman–Crippen LogP) is 2.36.